The molecule has 0 bridgehead atoms. The van der Waals surface area contributed by atoms with Crippen LogP contribution in [-0.2, 0) is 0 Å². The SMILES string of the molecule is C[Si](C)(C)N(C(=O)O)C1CCCCC1. The third kappa shape index (κ3) is 2.74. The van der Waals surface area contributed by atoms with Gasteiger partial charge in [0.25, 0.3) is 0 Å². The van der Waals surface area contributed by atoms with E-state index in [0.717, 1.165) is 12.8 Å². The van der Waals surface area contributed by atoms with Gasteiger partial charge in [-0.3, -0.25) is 0 Å². The van der Waals surface area contributed by atoms with Gasteiger partial charge in [-0.25, -0.2) is 4.79 Å². The Morgan fingerprint density at radius 3 is 2.07 bits per heavy atom. The second-order valence-electron chi connectivity index (χ2n) is 5.12. The number of hydrogen-bond donors (Lipinski definition) is 1. The molecule has 82 valence electrons. The normalized spacial score (nSPS) is 19.4. The Labute approximate surface area is 87.2 Å². The zero-order valence-electron chi connectivity index (χ0n) is 9.42. The zero-order valence-corrected chi connectivity index (χ0v) is 10.4. The standard InChI is InChI=1S/C10H21NO2Si/c1-14(2,3)11(10(12)13)9-7-5-4-6-8-9/h9H,4-8H2,1-3H3,(H,12,13). The third-order valence-corrected chi connectivity index (χ3v) is 4.87. The van der Waals surface area contributed by atoms with E-state index >= 15 is 0 Å². The second kappa shape index (κ2) is 4.34. The highest BCUT2D eigenvalue weighted by Crippen LogP contribution is 2.26. The maximum Gasteiger partial charge on any atom is 0.399 e. The first-order valence-corrected chi connectivity index (χ1v) is 8.90. The Balaban J connectivity index is 2.71. The molecule has 0 aromatic rings. The molecule has 1 fully saturated rings. The molecule has 0 saturated heterocycles. The summed E-state index contributed by atoms with van der Waals surface area (Å²) in [6.45, 7) is 6.32. The van der Waals surface area contributed by atoms with Crippen LogP contribution in [-0.4, -0.2) is 30.0 Å². The van der Waals surface area contributed by atoms with Crippen molar-refractivity contribution in [1.82, 2.24) is 4.57 Å². The lowest BCUT2D eigenvalue weighted by Crippen LogP contribution is -2.55. The van der Waals surface area contributed by atoms with Crippen LogP contribution < -0.4 is 0 Å². The number of carbonyl (C=O) groups is 1. The molecule has 1 amide bonds. The monoisotopic (exact) mass is 215 g/mol. The maximum absolute atomic E-state index is 11.2. The molecule has 1 rings (SSSR count). The molecule has 0 aromatic carbocycles. The predicted octanol–water partition coefficient (Wildman–Crippen LogP) is 3.13. The van der Waals surface area contributed by atoms with Crippen LogP contribution in [0.2, 0.25) is 19.6 Å². The van der Waals surface area contributed by atoms with Crippen molar-refractivity contribution >= 4 is 14.3 Å². The van der Waals surface area contributed by atoms with Crippen molar-refractivity contribution in [3.8, 4) is 0 Å². The number of hydrogen-bond acceptors (Lipinski definition) is 1. The van der Waals surface area contributed by atoms with E-state index in [9.17, 15) is 9.90 Å². The summed E-state index contributed by atoms with van der Waals surface area (Å²) < 4.78 is 1.77. The summed E-state index contributed by atoms with van der Waals surface area (Å²) in [6.07, 6.45) is 5.08. The fourth-order valence-corrected chi connectivity index (χ4v) is 4.26. The van der Waals surface area contributed by atoms with E-state index in [1.165, 1.54) is 19.3 Å². The molecule has 1 N–H and O–H groups in total. The molecule has 0 aliphatic heterocycles. The first-order chi connectivity index (χ1) is 6.43. The van der Waals surface area contributed by atoms with Crippen molar-refractivity contribution in [3.05, 3.63) is 0 Å². The van der Waals surface area contributed by atoms with E-state index in [4.69, 9.17) is 0 Å². The summed E-state index contributed by atoms with van der Waals surface area (Å²) in [7, 11) is -1.70. The summed E-state index contributed by atoms with van der Waals surface area (Å²) in [5, 5.41) is 9.22. The molecule has 0 heterocycles. The van der Waals surface area contributed by atoms with E-state index in [0.29, 0.717) is 6.04 Å². The summed E-state index contributed by atoms with van der Waals surface area (Å²) in [5.74, 6) is 0. The van der Waals surface area contributed by atoms with Crippen LogP contribution in [0.1, 0.15) is 32.1 Å². The zero-order chi connectivity index (χ0) is 10.8. The summed E-state index contributed by atoms with van der Waals surface area (Å²) in [5.41, 5.74) is 0. The Morgan fingerprint density at radius 2 is 1.71 bits per heavy atom. The first-order valence-electron chi connectivity index (χ1n) is 5.45. The largest absolute Gasteiger partial charge is 0.465 e. The Bertz CT molecular complexity index is 207. The molecule has 14 heavy (non-hydrogen) atoms. The average molecular weight is 215 g/mol. The quantitative estimate of drug-likeness (QED) is 0.719. The Morgan fingerprint density at radius 1 is 1.21 bits per heavy atom. The van der Waals surface area contributed by atoms with Gasteiger partial charge in [-0.2, -0.15) is 0 Å². The van der Waals surface area contributed by atoms with Crippen molar-refractivity contribution in [1.29, 1.82) is 0 Å². The molecule has 0 radical (unpaired) electrons. The van der Waals surface area contributed by atoms with E-state index in [1.54, 1.807) is 4.57 Å². The molecule has 0 aromatic heterocycles. The summed E-state index contributed by atoms with van der Waals surface area (Å²) >= 11 is 0. The topological polar surface area (TPSA) is 40.5 Å². The van der Waals surface area contributed by atoms with Gasteiger partial charge >= 0.3 is 6.09 Å². The molecule has 4 heteroatoms. The smallest absolute Gasteiger partial charge is 0.399 e. The number of rotatable bonds is 2. The molecular formula is C10H21NO2Si. The molecule has 1 aliphatic carbocycles. The van der Waals surface area contributed by atoms with Crippen LogP contribution in [0.3, 0.4) is 0 Å². The maximum atomic E-state index is 11.2. The highest BCUT2D eigenvalue weighted by atomic mass is 28.3. The molecule has 0 atom stereocenters. The van der Waals surface area contributed by atoms with Crippen molar-refractivity contribution in [2.45, 2.75) is 57.8 Å². The van der Waals surface area contributed by atoms with Gasteiger partial charge in [-0.1, -0.05) is 38.9 Å². The van der Waals surface area contributed by atoms with Crippen molar-refractivity contribution in [2.24, 2.45) is 0 Å². The molecule has 1 aliphatic rings. The van der Waals surface area contributed by atoms with Crippen LogP contribution in [0.5, 0.6) is 0 Å². The highest BCUT2D eigenvalue weighted by Gasteiger charge is 2.34. The van der Waals surface area contributed by atoms with Crippen LogP contribution in [0, 0.1) is 0 Å². The van der Waals surface area contributed by atoms with Gasteiger partial charge in [0, 0.05) is 6.04 Å². The van der Waals surface area contributed by atoms with Gasteiger partial charge in [0.1, 0.15) is 0 Å². The van der Waals surface area contributed by atoms with E-state index in [1.807, 2.05) is 0 Å². The minimum Gasteiger partial charge on any atom is -0.465 e. The fourth-order valence-electron chi connectivity index (χ4n) is 2.33. The van der Waals surface area contributed by atoms with E-state index in [2.05, 4.69) is 19.6 Å². The lowest BCUT2D eigenvalue weighted by atomic mass is 9.96. The van der Waals surface area contributed by atoms with Crippen molar-refractivity contribution < 1.29 is 9.90 Å². The van der Waals surface area contributed by atoms with Gasteiger partial charge < -0.3 is 9.67 Å². The van der Waals surface area contributed by atoms with Crippen molar-refractivity contribution in [3.63, 3.8) is 0 Å². The Kier molecular flexibility index (Phi) is 3.58. The lowest BCUT2D eigenvalue weighted by molar-refractivity contribution is 0.148. The predicted molar refractivity (Wildman–Crippen MR) is 60.1 cm³/mol. The fraction of sp³-hybridized carbons (Fsp3) is 0.900. The molecule has 0 unspecified atom stereocenters. The van der Waals surface area contributed by atoms with Gasteiger partial charge in [-0.05, 0) is 12.8 Å². The number of nitrogens with zero attached hydrogens (tertiary/aromatic N) is 1. The van der Waals surface area contributed by atoms with E-state index < -0.39 is 14.3 Å². The van der Waals surface area contributed by atoms with Gasteiger partial charge in [0.15, 0.2) is 8.24 Å². The van der Waals surface area contributed by atoms with Gasteiger partial charge in [0.05, 0.1) is 0 Å². The summed E-state index contributed by atoms with van der Waals surface area (Å²) in [4.78, 5) is 11.2. The lowest BCUT2D eigenvalue weighted by Gasteiger charge is -2.40. The van der Waals surface area contributed by atoms with Crippen LogP contribution >= 0.6 is 0 Å². The molecule has 0 spiro atoms. The Hall–Kier alpha value is -0.513. The number of amides is 1. The van der Waals surface area contributed by atoms with Gasteiger partial charge in [0.2, 0.25) is 0 Å². The van der Waals surface area contributed by atoms with E-state index in [-0.39, 0.29) is 0 Å². The van der Waals surface area contributed by atoms with Crippen molar-refractivity contribution in [2.75, 3.05) is 0 Å². The van der Waals surface area contributed by atoms with Crippen LogP contribution in [0.15, 0.2) is 0 Å². The van der Waals surface area contributed by atoms with Crippen LogP contribution in [0.4, 0.5) is 4.79 Å². The highest BCUT2D eigenvalue weighted by molar-refractivity contribution is 6.75. The first kappa shape index (κ1) is 11.6. The minimum absolute atomic E-state index is 0.299. The number of carboxylic acid groups (broad SMARTS) is 1. The molecular weight excluding hydrogens is 194 g/mol. The minimum atomic E-state index is -1.70. The second-order valence-corrected chi connectivity index (χ2v) is 9.94. The third-order valence-electron chi connectivity index (χ3n) is 2.87. The van der Waals surface area contributed by atoms with Gasteiger partial charge in [-0.15, -0.1) is 0 Å². The average Bonchev–Trinajstić information content (AvgIpc) is 2.02. The molecule has 1 saturated carbocycles. The van der Waals surface area contributed by atoms with Crippen LogP contribution in [0.25, 0.3) is 0 Å². The molecule has 3 nitrogen and oxygen atoms in total. The summed E-state index contributed by atoms with van der Waals surface area (Å²) in [6, 6.07) is 0.299.